The van der Waals surface area contributed by atoms with E-state index in [-0.39, 0.29) is 5.75 Å². The van der Waals surface area contributed by atoms with Gasteiger partial charge in [0.25, 0.3) is 0 Å². The monoisotopic (exact) mass is 260 g/mol. The van der Waals surface area contributed by atoms with Crippen molar-refractivity contribution in [2.24, 2.45) is 5.92 Å². The Kier molecular flexibility index (Phi) is 4.05. The van der Waals surface area contributed by atoms with Crippen molar-refractivity contribution in [2.45, 2.75) is 44.3 Å². The molecule has 0 saturated heterocycles. The van der Waals surface area contributed by atoms with Crippen molar-refractivity contribution in [3.63, 3.8) is 0 Å². The molecule has 6 heteroatoms. The van der Waals surface area contributed by atoms with Gasteiger partial charge in [0.2, 0.25) is 0 Å². The highest BCUT2D eigenvalue weighted by molar-refractivity contribution is 7.78. The van der Waals surface area contributed by atoms with Gasteiger partial charge in [-0.1, -0.05) is 26.2 Å². The Morgan fingerprint density at radius 1 is 1.50 bits per heavy atom. The Morgan fingerprint density at radius 3 is 2.94 bits per heavy atom. The first-order chi connectivity index (χ1) is 7.66. The van der Waals surface area contributed by atoms with E-state index in [1.807, 2.05) is 0 Å². The molecule has 0 radical (unpaired) electrons. The SMILES string of the molecule is CC1CCCCC1c1nc(CS(=O)O)ns1. The van der Waals surface area contributed by atoms with Crippen LogP contribution in [0.2, 0.25) is 0 Å². The van der Waals surface area contributed by atoms with E-state index in [0.717, 1.165) is 5.01 Å². The van der Waals surface area contributed by atoms with Crippen molar-refractivity contribution >= 4 is 22.6 Å². The molecule has 2 rings (SSSR count). The third kappa shape index (κ3) is 2.87. The van der Waals surface area contributed by atoms with Crippen molar-refractivity contribution < 1.29 is 8.76 Å². The zero-order valence-electron chi connectivity index (χ0n) is 9.26. The van der Waals surface area contributed by atoms with Gasteiger partial charge in [-0.15, -0.1) is 0 Å². The lowest BCUT2D eigenvalue weighted by atomic mass is 9.81. The number of hydrogen-bond donors (Lipinski definition) is 1. The summed E-state index contributed by atoms with van der Waals surface area (Å²) in [5.41, 5.74) is 0. The molecule has 0 aromatic carbocycles. The maximum absolute atomic E-state index is 10.7. The van der Waals surface area contributed by atoms with Gasteiger partial charge >= 0.3 is 0 Å². The van der Waals surface area contributed by atoms with Gasteiger partial charge in [0, 0.05) is 5.92 Å². The number of nitrogens with zero attached hydrogens (tertiary/aromatic N) is 2. The minimum Gasteiger partial charge on any atom is -0.306 e. The molecule has 0 spiro atoms. The van der Waals surface area contributed by atoms with E-state index in [9.17, 15) is 4.21 Å². The Morgan fingerprint density at radius 2 is 2.25 bits per heavy atom. The fourth-order valence-electron chi connectivity index (χ4n) is 2.27. The van der Waals surface area contributed by atoms with E-state index in [1.54, 1.807) is 0 Å². The minimum absolute atomic E-state index is 0.0532. The maximum Gasteiger partial charge on any atom is 0.160 e. The van der Waals surface area contributed by atoms with Gasteiger partial charge in [-0.25, -0.2) is 9.19 Å². The highest BCUT2D eigenvalue weighted by Crippen LogP contribution is 2.37. The smallest absolute Gasteiger partial charge is 0.160 e. The van der Waals surface area contributed by atoms with Crippen molar-refractivity contribution in [1.82, 2.24) is 9.36 Å². The summed E-state index contributed by atoms with van der Waals surface area (Å²) in [7, 11) is 0. The summed E-state index contributed by atoms with van der Waals surface area (Å²) in [6.45, 7) is 2.26. The van der Waals surface area contributed by atoms with E-state index in [2.05, 4.69) is 16.3 Å². The van der Waals surface area contributed by atoms with Crippen LogP contribution in [0, 0.1) is 5.92 Å². The Bertz CT molecular complexity index is 381. The van der Waals surface area contributed by atoms with Crippen LogP contribution in [0.15, 0.2) is 0 Å². The molecule has 1 heterocycles. The third-order valence-corrected chi connectivity index (χ3v) is 4.55. The molecule has 3 atom stereocenters. The van der Waals surface area contributed by atoms with Crippen molar-refractivity contribution in [3.8, 4) is 0 Å². The molecule has 0 aliphatic heterocycles. The molecule has 1 saturated carbocycles. The maximum atomic E-state index is 10.7. The second-order valence-corrected chi connectivity index (χ2v) is 6.10. The molecule has 0 bridgehead atoms. The van der Waals surface area contributed by atoms with Crippen LogP contribution in [0.25, 0.3) is 0 Å². The van der Waals surface area contributed by atoms with Crippen LogP contribution in [0.4, 0.5) is 0 Å². The molecular weight excluding hydrogens is 244 g/mol. The molecule has 1 fully saturated rings. The lowest BCUT2D eigenvalue weighted by molar-refractivity contribution is 0.329. The van der Waals surface area contributed by atoms with Gasteiger partial charge < -0.3 is 4.55 Å². The van der Waals surface area contributed by atoms with Crippen LogP contribution < -0.4 is 0 Å². The zero-order valence-corrected chi connectivity index (χ0v) is 10.9. The summed E-state index contributed by atoms with van der Waals surface area (Å²) in [5, 5.41) is 1.05. The van der Waals surface area contributed by atoms with E-state index in [1.165, 1.54) is 37.2 Å². The predicted octanol–water partition coefficient (Wildman–Crippen LogP) is 2.55. The van der Waals surface area contributed by atoms with Crippen LogP contribution >= 0.6 is 11.5 Å². The van der Waals surface area contributed by atoms with Crippen molar-refractivity contribution in [2.75, 3.05) is 0 Å². The second-order valence-electron chi connectivity index (χ2n) is 4.38. The van der Waals surface area contributed by atoms with E-state index >= 15 is 0 Å². The molecule has 90 valence electrons. The van der Waals surface area contributed by atoms with E-state index < -0.39 is 11.1 Å². The molecule has 0 amide bonds. The van der Waals surface area contributed by atoms with Gasteiger partial charge in [0.1, 0.15) is 10.8 Å². The lowest BCUT2D eigenvalue weighted by Gasteiger charge is -2.26. The van der Waals surface area contributed by atoms with Gasteiger partial charge in [-0.2, -0.15) is 4.37 Å². The summed E-state index contributed by atoms with van der Waals surface area (Å²) < 4.78 is 23.6. The topological polar surface area (TPSA) is 63.1 Å². The first-order valence-corrected chi connectivity index (χ1v) is 7.61. The zero-order chi connectivity index (χ0) is 11.5. The quantitative estimate of drug-likeness (QED) is 0.848. The molecule has 1 aliphatic carbocycles. The molecule has 1 N–H and O–H groups in total. The number of aromatic nitrogens is 2. The van der Waals surface area contributed by atoms with Crippen molar-refractivity contribution in [3.05, 3.63) is 10.8 Å². The molecule has 3 unspecified atom stereocenters. The normalized spacial score (nSPS) is 27.9. The number of rotatable bonds is 3. The largest absolute Gasteiger partial charge is 0.306 e. The van der Waals surface area contributed by atoms with Gasteiger partial charge in [-0.3, -0.25) is 0 Å². The fourth-order valence-corrected chi connectivity index (χ4v) is 3.64. The standard InChI is InChI=1S/C10H16N2O2S2/c1-7-4-2-3-5-8(7)10-11-9(12-15-10)6-16(13)14/h7-8H,2-6H2,1H3,(H,13,14). The van der Waals surface area contributed by atoms with Gasteiger partial charge in [-0.05, 0) is 23.9 Å². The van der Waals surface area contributed by atoms with Crippen LogP contribution in [0.1, 0.15) is 49.4 Å². The fraction of sp³-hybridized carbons (Fsp3) is 0.800. The number of hydrogen-bond acceptors (Lipinski definition) is 4. The Balaban J connectivity index is 2.08. The molecule has 16 heavy (non-hydrogen) atoms. The van der Waals surface area contributed by atoms with Crippen LogP contribution in [-0.2, 0) is 16.8 Å². The second kappa shape index (κ2) is 5.33. The predicted molar refractivity (Wildman–Crippen MR) is 64.8 cm³/mol. The van der Waals surface area contributed by atoms with Gasteiger partial charge in [0.05, 0.1) is 0 Å². The summed E-state index contributed by atoms with van der Waals surface area (Å²) in [4.78, 5) is 4.38. The van der Waals surface area contributed by atoms with Gasteiger partial charge in [0.15, 0.2) is 16.9 Å². The highest BCUT2D eigenvalue weighted by Gasteiger charge is 2.26. The van der Waals surface area contributed by atoms with Crippen molar-refractivity contribution in [1.29, 1.82) is 0 Å². The first-order valence-electron chi connectivity index (χ1n) is 5.56. The highest BCUT2D eigenvalue weighted by atomic mass is 32.2. The van der Waals surface area contributed by atoms with Crippen LogP contribution in [0.5, 0.6) is 0 Å². The van der Waals surface area contributed by atoms with Crippen LogP contribution in [0.3, 0.4) is 0 Å². The summed E-state index contributed by atoms with van der Waals surface area (Å²) in [6.07, 6.45) is 5.00. The Labute approximate surface area is 102 Å². The average Bonchev–Trinajstić information content (AvgIpc) is 2.66. The third-order valence-electron chi connectivity index (χ3n) is 3.17. The van der Waals surface area contributed by atoms with E-state index in [4.69, 9.17) is 4.55 Å². The molecule has 1 aromatic rings. The summed E-state index contributed by atoms with van der Waals surface area (Å²) in [6, 6.07) is 0. The average molecular weight is 260 g/mol. The van der Waals surface area contributed by atoms with Crippen LogP contribution in [-0.4, -0.2) is 18.1 Å². The first kappa shape index (κ1) is 12.1. The molecule has 1 aromatic heterocycles. The minimum atomic E-state index is -1.84. The summed E-state index contributed by atoms with van der Waals surface area (Å²) >= 11 is -0.440. The summed E-state index contributed by atoms with van der Waals surface area (Å²) in [5.74, 6) is 1.73. The molecular formula is C10H16N2O2S2. The molecule has 4 nitrogen and oxygen atoms in total. The molecule has 1 aliphatic rings. The van der Waals surface area contributed by atoms with E-state index in [0.29, 0.717) is 17.7 Å². The lowest BCUT2D eigenvalue weighted by Crippen LogP contribution is -2.14. The Hall–Kier alpha value is -0.330.